The summed E-state index contributed by atoms with van der Waals surface area (Å²) in [4.78, 5) is 22.7. The number of halogens is 1. The van der Waals surface area contributed by atoms with Crippen molar-refractivity contribution in [2.45, 2.75) is 13.3 Å². The van der Waals surface area contributed by atoms with E-state index in [9.17, 15) is 9.59 Å². The first-order chi connectivity index (χ1) is 8.13. The molecule has 17 heavy (non-hydrogen) atoms. The van der Waals surface area contributed by atoms with E-state index in [1.807, 2.05) is 6.92 Å². The lowest BCUT2D eigenvalue weighted by atomic mass is 10.2. The number of nitrogens with one attached hydrogen (secondary N) is 1. The number of carbonyl (C=O) groups is 2. The van der Waals surface area contributed by atoms with E-state index in [-0.39, 0.29) is 12.5 Å². The van der Waals surface area contributed by atoms with Crippen LogP contribution in [0.1, 0.15) is 23.7 Å². The van der Waals surface area contributed by atoms with E-state index in [4.69, 9.17) is 16.3 Å². The molecule has 0 saturated carbocycles. The van der Waals surface area contributed by atoms with Crippen LogP contribution in [0.4, 0.5) is 0 Å². The van der Waals surface area contributed by atoms with Gasteiger partial charge >= 0.3 is 5.97 Å². The molecule has 0 aliphatic rings. The molecule has 1 N–H and O–H groups in total. The fraction of sp³-hybridized carbons (Fsp3) is 0.333. The van der Waals surface area contributed by atoms with Gasteiger partial charge in [0.05, 0.1) is 6.61 Å². The van der Waals surface area contributed by atoms with Crippen LogP contribution in [0.15, 0.2) is 24.3 Å². The van der Waals surface area contributed by atoms with Crippen molar-refractivity contribution in [2.75, 3.05) is 13.2 Å². The van der Waals surface area contributed by atoms with Crippen molar-refractivity contribution < 1.29 is 14.3 Å². The highest BCUT2D eigenvalue weighted by Crippen LogP contribution is 2.09. The number of rotatable bonds is 5. The van der Waals surface area contributed by atoms with E-state index in [0.29, 0.717) is 17.2 Å². The third-order valence-electron chi connectivity index (χ3n) is 1.97. The van der Waals surface area contributed by atoms with Gasteiger partial charge in [0.1, 0.15) is 6.54 Å². The van der Waals surface area contributed by atoms with Gasteiger partial charge in [-0.2, -0.15) is 0 Å². The second kappa shape index (κ2) is 6.91. The van der Waals surface area contributed by atoms with Crippen LogP contribution in [0.25, 0.3) is 0 Å². The summed E-state index contributed by atoms with van der Waals surface area (Å²) in [7, 11) is 0. The van der Waals surface area contributed by atoms with Crippen molar-refractivity contribution in [1.29, 1.82) is 0 Å². The molecule has 0 aromatic heterocycles. The summed E-state index contributed by atoms with van der Waals surface area (Å²) in [5.74, 6) is -0.760. The molecule has 0 radical (unpaired) electrons. The second-order valence-corrected chi connectivity index (χ2v) is 3.85. The Morgan fingerprint density at radius 1 is 1.29 bits per heavy atom. The minimum Gasteiger partial charge on any atom is -0.464 e. The van der Waals surface area contributed by atoms with E-state index < -0.39 is 5.97 Å². The SMILES string of the molecule is CCCOC(=O)CNC(=O)c1ccc(Cl)cc1. The summed E-state index contributed by atoms with van der Waals surface area (Å²) in [5, 5.41) is 3.03. The molecule has 1 amide bonds. The summed E-state index contributed by atoms with van der Waals surface area (Å²) in [6.07, 6.45) is 0.761. The average Bonchev–Trinajstić information content (AvgIpc) is 2.34. The maximum atomic E-state index is 11.6. The van der Waals surface area contributed by atoms with Crippen LogP contribution in [-0.4, -0.2) is 25.0 Å². The third kappa shape index (κ3) is 4.87. The molecule has 0 unspecified atom stereocenters. The maximum absolute atomic E-state index is 11.6. The molecule has 1 aromatic carbocycles. The summed E-state index contributed by atoms with van der Waals surface area (Å²) >= 11 is 5.70. The van der Waals surface area contributed by atoms with Gasteiger partial charge in [-0.1, -0.05) is 18.5 Å². The van der Waals surface area contributed by atoms with Crippen LogP contribution in [0.3, 0.4) is 0 Å². The highest BCUT2D eigenvalue weighted by atomic mass is 35.5. The number of hydrogen-bond donors (Lipinski definition) is 1. The van der Waals surface area contributed by atoms with Gasteiger partial charge in [-0.3, -0.25) is 9.59 Å². The average molecular weight is 256 g/mol. The molecular formula is C12H14ClNO3. The summed E-state index contributed by atoms with van der Waals surface area (Å²) < 4.78 is 4.82. The minimum absolute atomic E-state index is 0.124. The standard InChI is InChI=1S/C12H14ClNO3/c1-2-7-17-11(15)8-14-12(16)9-3-5-10(13)6-4-9/h3-6H,2,7-8H2,1H3,(H,14,16). The minimum atomic E-state index is -0.436. The highest BCUT2D eigenvalue weighted by molar-refractivity contribution is 6.30. The topological polar surface area (TPSA) is 55.4 Å². The maximum Gasteiger partial charge on any atom is 0.325 e. The molecule has 0 heterocycles. The molecule has 0 aliphatic carbocycles. The smallest absolute Gasteiger partial charge is 0.325 e. The lowest BCUT2D eigenvalue weighted by Crippen LogP contribution is -2.30. The first kappa shape index (κ1) is 13.5. The van der Waals surface area contributed by atoms with Crippen LogP contribution < -0.4 is 5.32 Å². The first-order valence-corrected chi connectivity index (χ1v) is 5.70. The van der Waals surface area contributed by atoms with Crippen LogP contribution in [0.2, 0.25) is 5.02 Å². The second-order valence-electron chi connectivity index (χ2n) is 3.41. The lowest BCUT2D eigenvalue weighted by Gasteiger charge is -2.05. The molecular weight excluding hydrogens is 242 g/mol. The van der Waals surface area contributed by atoms with Gasteiger partial charge in [0.25, 0.3) is 5.91 Å². The van der Waals surface area contributed by atoms with Crippen LogP contribution in [0.5, 0.6) is 0 Å². The number of hydrogen-bond acceptors (Lipinski definition) is 3. The normalized spacial score (nSPS) is 9.76. The number of esters is 1. The molecule has 0 atom stereocenters. The Balaban J connectivity index is 2.39. The first-order valence-electron chi connectivity index (χ1n) is 5.33. The van der Waals surface area contributed by atoms with E-state index in [2.05, 4.69) is 5.32 Å². The number of amides is 1. The van der Waals surface area contributed by atoms with Gasteiger partial charge in [0, 0.05) is 10.6 Å². The van der Waals surface area contributed by atoms with Gasteiger partial charge in [-0.05, 0) is 30.7 Å². The van der Waals surface area contributed by atoms with Gasteiger partial charge in [-0.15, -0.1) is 0 Å². The van der Waals surface area contributed by atoms with Crippen molar-refractivity contribution in [3.63, 3.8) is 0 Å². The number of benzene rings is 1. The lowest BCUT2D eigenvalue weighted by molar-refractivity contribution is -0.142. The zero-order chi connectivity index (χ0) is 12.7. The van der Waals surface area contributed by atoms with Gasteiger partial charge in [0.2, 0.25) is 0 Å². The Bertz CT molecular complexity index is 389. The van der Waals surface area contributed by atoms with Crippen molar-refractivity contribution in [3.05, 3.63) is 34.9 Å². The van der Waals surface area contributed by atoms with E-state index in [0.717, 1.165) is 6.42 Å². The van der Waals surface area contributed by atoms with Crippen molar-refractivity contribution >= 4 is 23.5 Å². The Morgan fingerprint density at radius 2 is 1.94 bits per heavy atom. The van der Waals surface area contributed by atoms with Crippen molar-refractivity contribution in [2.24, 2.45) is 0 Å². The van der Waals surface area contributed by atoms with E-state index >= 15 is 0 Å². The van der Waals surface area contributed by atoms with Crippen LogP contribution in [-0.2, 0) is 9.53 Å². The zero-order valence-corrected chi connectivity index (χ0v) is 10.3. The molecule has 1 aromatic rings. The Labute approximate surface area is 105 Å². The predicted molar refractivity (Wildman–Crippen MR) is 65.0 cm³/mol. The molecule has 0 aliphatic heterocycles. The van der Waals surface area contributed by atoms with Crippen molar-refractivity contribution in [1.82, 2.24) is 5.32 Å². The Kier molecular flexibility index (Phi) is 5.49. The number of carbonyl (C=O) groups excluding carboxylic acids is 2. The highest BCUT2D eigenvalue weighted by Gasteiger charge is 2.08. The van der Waals surface area contributed by atoms with E-state index in [1.54, 1.807) is 24.3 Å². The van der Waals surface area contributed by atoms with Gasteiger partial charge < -0.3 is 10.1 Å². The summed E-state index contributed by atoms with van der Waals surface area (Å²) in [6.45, 7) is 2.15. The molecule has 4 nitrogen and oxygen atoms in total. The fourth-order valence-corrected chi connectivity index (χ4v) is 1.25. The molecule has 1 rings (SSSR count). The molecule has 0 bridgehead atoms. The molecule has 0 fully saturated rings. The monoisotopic (exact) mass is 255 g/mol. The summed E-state index contributed by atoms with van der Waals surface area (Å²) in [5.41, 5.74) is 0.456. The summed E-state index contributed by atoms with van der Waals surface area (Å²) in [6, 6.07) is 6.42. The van der Waals surface area contributed by atoms with Crippen LogP contribution >= 0.6 is 11.6 Å². The third-order valence-corrected chi connectivity index (χ3v) is 2.22. The zero-order valence-electron chi connectivity index (χ0n) is 9.53. The van der Waals surface area contributed by atoms with Crippen LogP contribution in [0, 0.1) is 0 Å². The number of ether oxygens (including phenoxy) is 1. The predicted octanol–water partition coefficient (Wildman–Crippen LogP) is 2.02. The van der Waals surface area contributed by atoms with Gasteiger partial charge in [-0.25, -0.2) is 0 Å². The van der Waals surface area contributed by atoms with Gasteiger partial charge in [0.15, 0.2) is 0 Å². The Hall–Kier alpha value is -1.55. The molecule has 0 spiro atoms. The quantitative estimate of drug-likeness (QED) is 0.819. The molecule has 92 valence electrons. The molecule has 5 heteroatoms. The fourth-order valence-electron chi connectivity index (χ4n) is 1.12. The largest absolute Gasteiger partial charge is 0.464 e. The Morgan fingerprint density at radius 3 is 2.53 bits per heavy atom. The van der Waals surface area contributed by atoms with Crippen molar-refractivity contribution in [3.8, 4) is 0 Å². The van der Waals surface area contributed by atoms with E-state index in [1.165, 1.54) is 0 Å². The molecule has 0 saturated heterocycles.